The van der Waals surface area contributed by atoms with Crippen molar-refractivity contribution in [1.29, 1.82) is 0 Å². The standard InChI is InChI=1S/C17H22N4O2/c18-14-7-3-2-6-13(14)17-20-15(12-23-17)16(22)19-8-11-21-9-4-1-5-10-21/h2-3,6-7,12H,1,4-5,8-11,18H2,(H,19,22). The minimum atomic E-state index is -0.216. The fourth-order valence-corrected chi connectivity index (χ4v) is 2.79. The van der Waals surface area contributed by atoms with E-state index in [9.17, 15) is 4.79 Å². The first-order valence-electron chi connectivity index (χ1n) is 8.05. The number of carbonyl (C=O) groups is 1. The summed E-state index contributed by atoms with van der Waals surface area (Å²) in [6.07, 6.45) is 5.18. The Hall–Kier alpha value is -2.34. The summed E-state index contributed by atoms with van der Waals surface area (Å²) in [7, 11) is 0. The van der Waals surface area contributed by atoms with E-state index in [4.69, 9.17) is 10.2 Å². The molecule has 122 valence electrons. The number of nitrogen functional groups attached to an aromatic ring is 1. The van der Waals surface area contributed by atoms with Crippen molar-refractivity contribution >= 4 is 11.6 Å². The number of benzene rings is 1. The molecule has 23 heavy (non-hydrogen) atoms. The van der Waals surface area contributed by atoms with Crippen LogP contribution in [-0.4, -0.2) is 42.0 Å². The zero-order chi connectivity index (χ0) is 16.1. The van der Waals surface area contributed by atoms with Gasteiger partial charge in [-0.2, -0.15) is 0 Å². The van der Waals surface area contributed by atoms with Crippen molar-refractivity contribution in [3.63, 3.8) is 0 Å². The van der Waals surface area contributed by atoms with Crippen LogP contribution in [0.1, 0.15) is 29.8 Å². The van der Waals surface area contributed by atoms with Gasteiger partial charge < -0.3 is 20.4 Å². The van der Waals surface area contributed by atoms with E-state index < -0.39 is 0 Å². The molecule has 1 saturated heterocycles. The molecule has 1 aromatic carbocycles. The lowest BCUT2D eigenvalue weighted by molar-refractivity contribution is 0.0941. The molecule has 0 radical (unpaired) electrons. The van der Waals surface area contributed by atoms with Crippen LogP contribution in [0, 0.1) is 0 Å². The molecule has 0 saturated carbocycles. The predicted molar refractivity (Wildman–Crippen MR) is 89.0 cm³/mol. The summed E-state index contributed by atoms with van der Waals surface area (Å²) in [5, 5.41) is 2.89. The maximum atomic E-state index is 12.1. The summed E-state index contributed by atoms with van der Waals surface area (Å²) >= 11 is 0. The number of hydrogen-bond donors (Lipinski definition) is 2. The van der Waals surface area contributed by atoms with E-state index >= 15 is 0 Å². The number of para-hydroxylation sites is 1. The van der Waals surface area contributed by atoms with Gasteiger partial charge in [-0.05, 0) is 38.1 Å². The Kier molecular flexibility index (Phi) is 4.92. The Bertz CT molecular complexity index is 662. The number of carbonyl (C=O) groups excluding carboxylic acids is 1. The third-order valence-electron chi connectivity index (χ3n) is 4.09. The molecule has 2 heterocycles. The van der Waals surface area contributed by atoms with Crippen molar-refractivity contribution in [1.82, 2.24) is 15.2 Å². The molecular weight excluding hydrogens is 292 g/mol. The van der Waals surface area contributed by atoms with E-state index in [0.717, 1.165) is 19.6 Å². The first-order valence-corrected chi connectivity index (χ1v) is 8.05. The number of nitrogens with two attached hydrogens (primary N) is 1. The average Bonchev–Trinajstić information content (AvgIpc) is 3.06. The Balaban J connectivity index is 1.55. The Morgan fingerprint density at radius 1 is 1.26 bits per heavy atom. The monoisotopic (exact) mass is 314 g/mol. The molecule has 1 amide bonds. The Morgan fingerprint density at radius 2 is 2.04 bits per heavy atom. The Morgan fingerprint density at radius 3 is 2.83 bits per heavy atom. The lowest BCUT2D eigenvalue weighted by atomic mass is 10.1. The van der Waals surface area contributed by atoms with Crippen LogP contribution in [0.15, 0.2) is 34.9 Å². The average molecular weight is 314 g/mol. The van der Waals surface area contributed by atoms with Gasteiger partial charge in [-0.1, -0.05) is 18.6 Å². The van der Waals surface area contributed by atoms with Crippen molar-refractivity contribution in [2.75, 3.05) is 31.9 Å². The van der Waals surface area contributed by atoms with Crippen LogP contribution < -0.4 is 11.1 Å². The number of aromatic nitrogens is 1. The van der Waals surface area contributed by atoms with E-state index in [1.807, 2.05) is 18.2 Å². The summed E-state index contributed by atoms with van der Waals surface area (Å²) < 4.78 is 5.39. The van der Waals surface area contributed by atoms with Crippen molar-refractivity contribution in [2.45, 2.75) is 19.3 Å². The summed E-state index contributed by atoms with van der Waals surface area (Å²) in [4.78, 5) is 18.7. The van der Waals surface area contributed by atoms with Gasteiger partial charge in [0.25, 0.3) is 5.91 Å². The third kappa shape index (κ3) is 3.90. The number of oxazole rings is 1. The number of rotatable bonds is 5. The van der Waals surface area contributed by atoms with Gasteiger partial charge in [0.1, 0.15) is 6.26 Å². The van der Waals surface area contributed by atoms with Crippen molar-refractivity contribution in [3.05, 3.63) is 36.2 Å². The molecule has 1 aromatic heterocycles. The van der Waals surface area contributed by atoms with Crippen LogP contribution in [0.3, 0.4) is 0 Å². The largest absolute Gasteiger partial charge is 0.444 e. The maximum Gasteiger partial charge on any atom is 0.273 e. The zero-order valence-corrected chi connectivity index (χ0v) is 13.1. The minimum absolute atomic E-state index is 0.216. The number of nitrogens with one attached hydrogen (secondary N) is 1. The van der Waals surface area contributed by atoms with Gasteiger partial charge >= 0.3 is 0 Å². The van der Waals surface area contributed by atoms with Gasteiger partial charge in [0.2, 0.25) is 5.89 Å². The molecule has 3 rings (SSSR count). The highest BCUT2D eigenvalue weighted by Crippen LogP contribution is 2.24. The van der Waals surface area contributed by atoms with E-state index in [1.54, 1.807) is 6.07 Å². The van der Waals surface area contributed by atoms with Crippen LogP contribution in [-0.2, 0) is 0 Å². The maximum absolute atomic E-state index is 12.1. The lowest BCUT2D eigenvalue weighted by Crippen LogP contribution is -2.37. The summed E-state index contributed by atoms with van der Waals surface area (Å²) in [6, 6.07) is 7.29. The first-order chi connectivity index (χ1) is 11.2. The van der Waals surface area contributed by atoms with Gasteiger partial charge in [-0.3, -0.25) is 4.79 Å². The van der Waals surface area contributed by atoms with Gasteiger partial charge in [-0.25, -0.2) is 4.98 Å². The highest BCUT2D eigenvalue weighted by Gasteiger charge is 2.15. The first kappa shape index (κ1) is 15.6. The topological polar surface area (TPSA) is 84.4 Å². The van der Waals surface area contributed by atoms with Gasteiger partial charge in [0.05, 0.1) is 5.56 Å². The van der Waals surface area contributed by atoms with Crippen molar-refractivity contribution in [2.24, 2.45) is 0 Å². The fourth-order valence-electron chi connectivity index (χ4n) is 2.79. The minimum Gasteiger partial charge on any atom is -0.444 e. The molecule has 0 unspecified atom stereocenters. The van der Waals surface area contributed by atoms with Crippen LogP contribution in [0.5, 0.6) is 0 Å². The molecule has 1 aliphatic rings. The molecular formula is C17H22N4O2. The van der Waals surface area contributed by atoms with Crippen LogP contribution in [0.2, 0.25) is 0 Å². The van der Waals surface area contributed by atoms with E-state index in [1.165, 1.54) is 25.5 Å². The molecule has 1 fully saturated rings. The Labute approximate surface area is 135 Å². The highest BCUT2D eigenvalue weighted by molar-refractivity contribution is 5.92. The number of anilines is 1. The summed E-state index contributed by atoms with van der Waals surface area (Å²) in [5.41, 5.74) is 7.44. The molecule has 0 bridgehead atoms. The van der Waals surface area contributed by atoms with Crippen molar-refractivity contribution < 1.29 is 9.21 Å². The molecule has 6 heteroatoms. The molecule has 0 spiro atoms. The summed E-state index contributed by atoms with van der Waals surface area (Å²) in [5.74, 6) is 0.149. The normalized spacial score (nSPS) is 15.5. The second-order valence-corrected chi connectivity index (χ2v) is 5.78. The molecule has 6 nitrogen and oxygen atoms in total. The second kappa shape index (κ2) is 7.28. The van der Waals surface area contributed by atoms with Crippen molar-refractivity contribution in [3.8, 4) is 11.5 Å². The van der Waals surface area contributed by atoms with Gasteiger partial charge in [0.15, 0.2) is 5.69 Å². The predicted octanol–water partition coefficient (Wildman–Crippen LogP) is 2.14. The highest BCUT2D eigenvalue weighted by atomic mass is 16.3. The molecule has 1 aliphatic heterocycles. The van der Waals surface area contributed by atoms with E-state index in [-0.39, 0.29) is 11.6 Å². The number of amides is 1. The summed E-state index contributed by atoms with van der Waals surface area (Å²) in [6.45, 7) is 3.74. The molecule has 3 N–H and O–H groups in total. The molecule has 2 aromatic rings. The van der Waals surface area contributed by atoms with E-state index in [0.29, 0.717) is 23.7 Å². The number of nitrogens with zero attached hydrogens (tertiary/aromatic N) is 2. The van der Waals surface area contributed by atoms with Crippen LogP contribution in [0.25, 0.3) is 11.5 Å². The quantitative estimate of drug-likeness (QED) is 0.826. The van der Waals surface area contributed by atoms with E-state index in [2.05, 4.69) is 15.2 Å². The van der Waals surface area contributed by atoms with Gasteiger partial charge in [-0.15, -0.1) is 0 Å². The third-order valence-corrected chi connectivity index (χ3v) is 4.09. The second-order valence-electron chi connectivity index (χ2n) is 5.78. The molecule has 0 atom stereocenters. The number of likely N-dealkylation sites (tertiary alicyclic amines) is 1. The zero-order valence-electron chi connectivity index (χ0n) is 13.1. The lowest BCUT2D eigenvalue weighted by Gasteiger charge is -2.26. The SMILES string of the molecule is Nc1ccccc1-c1nc(C(=O)NCCN2CCCCC2)co1. The number of hydrogen-bond acceptors (Lipinski definition) is 5. The van der Waals surface area contributed by atoms with Gasteiger partial charge in [0, 0.05) is 18.8 Å². The fraction of sp³-hybridized carbons (Fsp3) is 0.412. The molecule has 0 aliphatic carbocycles. The van der Waals surface area contributed by atoms with Crippen LogP contribution >= 0.6 is 0 Å². The number of piperidine rings is 1. The van der Waals surface area contributed by atoms with Crippen LogP contribution in [0.4, 0.5) is 5.69 Å². The smallest absolute Gasteiger partial charge is 0.273 e.